The van der Waals surface area contributed by atoms with Crippen LogP contribution in [0.1, 0.15) is 71.1 Å². The average Bonchev–Trinajstić information content (AvgIpc) is 3.56. The molecular formula is C44H37N3O. The Hall–Kier alpha value is -5.61. The van der Waals surface area contributed by atoms with Gasteiger partial charge in [0.2, 0.25) is 0 Å². The van der Waals surface area contributed by atoms with E-state index in [2.05, 4.69) is 145 Å². The standard InChI is InChI=1S/C44H37N3O/c1-45-39(34-25-23-32(24-26-34)31-14-4-2-5-15-31)28-40(33-16-6-3-7-17-33)46-29-30-13-12-18-35(27-30)43-44-42(36-19-8-10-21-38(36)47-43)37-20-9-11-22-41(37)48-44/h2-6,8-14,16,18,20-28,31,36H,1,7,15,17,19,29H2/b39-28-,46-40?. The molecule has 48 heavy (non-hydrogen) atoms. The molecular weight excluding hydrogens is 587 g/mol. The lowest BCUT2D eigenvalue weighted by atomic mass is 9.83. The highest BCUT2D eigenvalue weighted by atomic mass is 16.3. The number of hydrogen-bond acceptors (Lipinski definition) is 4. The van der Waals surface area contributed by atoms with E-state index >= 15 is 0 Å². The van der Waals surface area contributed by atoms with Crippen molar-refractivity contribution in [2.24, 2.45) is 15.0 Å². The van der Waals surface area contributed by atoms with Crippen molar-refractivity contribution in [2.45, 2.75) is 44.1 Å². The molecule has 4 aliphatic rings. The number of allylic oxidation sites excluding steroid dienone is 13. The van der Waals surface area contributed by atoms with E-state index in [1.54, 1.807) is 0 Å². The van der Waals surface area contributed by atoms with Gasteiger partial charge in [-0.2, -0.15) is 0 Å². The number of rotatable bonds is 8. The van der Waals surface area contributed by atoms with E-state index in [-0.39, 0.29) is 5.92 Å². The Kier molecular flexibility index (Phi) is 8.22. The molecule has 4 aromatic rings. The summed E-state index contributed by atoms with van der Waals surface area (Å²) in [5, 5.41) is 1.17. The zero-order valence-electron chi connectivity index (χ0n) is 26.9. The molecule has 1 aliphatic heterocycles. The van der Waals surface area contributed by atoms with Crippen molar-refractivity contribution in [1.82, 2.24) is 0 Å². The third-order valence-corrected chi connectivity index (χ3v) is 9.60. The van der Waals surface area contributed by atoms with Crippen molar-refractivity contribution >= 4 is 34.8 Å². The zero-order chi connectivity index (χ0) is 32.3. The minimum absolute atomic E-state index is 0.211. The molecule has 0 saturated carbocycles. The van der Waals surface area contributed by atoms with Gasteiger partial charge < -0.3 is 4.42 Å². The molecule has 0 saturated heterocycles. The maximum absolute atomic E-state index is 6.51. The summed E-state index contributed by atoms with van der Waals surface area (Å²) in [6.07, 6.45) is 27.7. The summed E-state index contributed by atoms with van der Waals surface area (Å²) in [6, 6.07) is 25.6. The molecule has 2 heterocycles. The van der Waals surface area contributed by atoms with Crippen molar-refractivity contribution in [1.29, 1.82) is 0 Å². The third kappa shape index (κ3) is 5.86. The minimum Gasteiger partial charge on any atom is -0.454 e. The normalized spacial score (nSPS) is 20.2. The first-order chi connectivity index (χ1) is 23.7. The first-order valence-electron chi connectivity index (χ1n) is 16.8. The number of fused-ring (bicyclic) bond motifs is 5. The fraction of sp³-hybridized carbons (Fsp3) is 0.159. The van der Waals surface area contributed by atoms with Gasteiger partial charge in [0.05, 0.1) is 18.0 Å². The zero-order valence-corrected chi connectivity index (χ0v) is 26.9. The van der Waals surface area contributed by atoms with Crippen LogP contribution in [0.5, 0.6) is 0 Å². The smallest absolute Gasteiger partial charge is 0.158 e. The molecule has 0 spiro atoms. The lowest BCUT2D eigenvalue weighted by Crippen LogP contribution is -2.17. The van der Waals surface area contributed by atoms with E-state index in [0.29, 0.717) is 12.5 Å². The molecule has 0 fully saturated rings. The Morgan fingerprint density at radius 1 is 0.896 bits per heavy atom. The maximum atomic E-state index is 6.51. The molecule has 1 aromatic heterocycles. The number of furan rings is 1. The van der Waals surface area contributed by atoms with E-state index in [9.17, 15) is 0 Å². The summed E-state index contributed by atoms with van der Waals surface area (Å²) < 4.78 is 6.51. The van der Waals surface area contributed by atoms with Gasteiger partial charge in [-0.15, -0.1) is 0 Å². The first-order valence-corrected chi connectivity index (χ1v) is 16.8. The number of benzene rings is 3. The second-order valence-corrected chi connectivity index (χ2v) is 12.6. The quantitative estimate of drug-likeness (QED) is 0.180. The summed E-state index contributed by atoms with van der Waals surface area (Å²) in [5.74, 6) is 1.50. The van der Waals surface area contributed by atoms with Crippen LogP contribution >= 0.6 is 0 Å². The largest absolute Gasteiger partial charge is 0.454 e. The van der Waals surface area contributed by atoms with E-state index in [4.69, 9.17) is 14.4 Å². The summed E-state index contributed by atoms with van der Waals surface area (Å²) in [4.78, 5) is 14.8. The van der Waals surface area contributed by atoms with Gasteiger partial charge in [-0.05, 0) is 73.4 Å². The van der Waals surface area contributed by atoms with Gasteiger partial charge in [0.1, 0.15) is 11.3 Å². The molecule has 3 aromatic carbocycles. The van der Waals surface area contributed by atoms with Crippen LogP contribution in [0.2, 0.25) is 0 Å². The van der Waals surface area contributed by atoms with Gasteiger partial charge in [-0.1, -0.05) is 115 Å². The molecule has 234 valence electrons. The molecule has 3 aliphatic carbocycles. The van der Waals surface area contributed by atoms with Gasteiger partial charge >= 0.3 is 0 Å². The van der Waals surface area contributed by atoms with Crippen LogP contribution in [-0.4, -0.2) is 18.1 Å². The lowest BCUT2D eigenvalue weighted by Gasteiger charge is -2.25. The Bertz CT molecular complexity index is 2170. The van der Waals surface area contributed by atoms with Crippen LogP contribution in [0.25, 0.3) is 16.7 Å². The number of nitrogens with zero attached hydrogens (tertiary/aromatic N) is 3. The fourth-order valence-corrected chi connectivity index (χ4v) is 7.09. The number of hydrogen-bond donors (Lipinski definition) is 0. The Morgan fingerprint density at radius 2 is 1.77 bits per heavy atom. The van der Waals surface area contributed by atoms with E-state index in [1.807, 2.05) is 6.07 Å². The minimum atomic E-state index is 0.211. The highest BCUT2D eigenvalue weighted by molar-refractivity contribution is 6.16. The van der Waals surface area contributed by atoms with Crippen LogP contribution in [0, 0.1) is 0 Å². The third-order valence-electron chi connectivity index (χ3n) is 9.60. The highest BCUT2D eigenvalue weighted by Crippen LogP contribution is 2.44. The van der Waals surface area contributed by atoms with E-state index in [1.165, 1.54) is 22.1 Å². The van der Waals surface area contributed by atoms with E-state index in [0.717, 1.165) is 76.5 Å². The monoisotopic (exact) mass is 623 g/mol. The van der Waals surface area contributed by atoms with Crippen molar-refractivity contribution in [3.63, 3.8) is 0 Å². The predicted octanol–water partition coefficient (Wildman–Crippen LogP) is 10.8. The van der Waals surface area contributed by atoms with Gasteiger partial charge in [-0.3, -0.25) is 9.98 Å². The molecule has 4 heteroatoms. The van der Waals surface area contributed by atoms with Gasteiger partial charge in [-0.25, -0.2) is 4.99 Å². The molecule has 4 nitrogen and oxygen atoms in total. The van der Waals surface area contributed by atoms with Crippen molar-refractivity contribution in [2.75, 3.05) is 0 Å². The molecule has 0 bridgehead atoms. The Balaban J connectivity index is 1.12. The predicted molar refractivity (Wildman–Crippen MR) is 200 cm³/mol. The summed E-state index contributed by atoms with van der Waals surface area (Å²) in [6.45, 7) is 4.46. The Morgan fingerprint density at radius 3 is 2.60 bits per heavy atom. The first kappa shape index (κ1) is 29.8. The molecule has 0 radical (unpaired) electrons. The highest BCUT2D eigenvalue weighted by Gasteiger charge is 2.33. The lowest BCUT2D eigenvalue weighted by molar-refractivity contribution is 0.588. The SMILES string of the molecule is C=N/C(=C\C(=NCc1cccc(C2=NC3=CC=CCC3c3c2oc2ccccc32)c1)C1=CC=CCC1)c1ccc(C2C=CC=CC2)cc1. The van der Waals surface area contributed by atoms with Crippen molar-refractivity contribution < 1.29 is 4.42 Å². The molecule has 2 unspecified atom stereocenters. The van der Waals surface area contributed by atoms with Crippen LogP contribution in [0.4, 0.5) is 0 Å². The van der Waals surface area contributed by atoms with Crippen LogP contribution in [0.15, 0.2) is 170 Å². The summed E-state index contributed by atoms with van der Waals surface area (Å²) >= 11 is 0. The van der Waals surface area contributed by atoms with Crippen molar-refractivity contribution in [3.05, 3.63) is 184 Å². The fourth-order valence-electron chi connectivity index (χ4n) is 7.09. The van der Waals surface area contributed by atoms with Crippen LogP contribution in [-0.2, 0) is 6.54 Å². The number of aliphatic imine (C=N–C) groups is 3. The summed E-state index contributed by atoms with van der Waals surface area (Å²) in [7, 11) is 0. The second kappa shape index (κ2) is 13.2. The average molecular weight is 624 g/mol. The van der Waals surface area contributed by atoms with Crippen LogP contribution in [0.3, 0.4) is 0 Å². The maximum Gasteiger partial charge on any atom is 0.158 e. The Labute approximate surface area is 282 Å². The van der Waals surface area contributed by atoms with E-state index < -0.39 is 0 Å². The number of para-hydroxylation sites is 1. The molecule has 2 atom stereocenters. The van der Waals surface area contributed by atoms with Crippen LogP contribution < -0.4 is 0 Å². The summed E-state index contributed by atoms with van der Waals surface area (Å²) in [5.41, 5.74) is 11.6. The molecule has 0 amide bonds. The molecule has 0 N–H and O–H groups in total. The van der Waals surface area contributed by atoms with Gasteiger partial charge in [0, 0.05) is 39.6 Å². The van der Waals surface area contributed by atoms with Crippen molar-refractivity contribution in [3.8, 4) is 0 Å². The topological polar surface area (TPSA) is 50.2 Å². The van der Waals surface area contributed by atoms with Gasteiger partial charge in [0.15, 0.2) is 5.76 Å². The molecule has 8 rings (SSSR count). The van der Waals surface area contributed by atoms with Gasteiger partial charge in [0.25, 0.3) is 0 Å². The second-order valence-electron chi connectivity index (χ2n) is 12.6.